The van der Waals surface area contributed by atoms with E-state index in [9.17, 15) is 19.2 Å². The molecule has 4 amide bonds. The van der Waals surface area contributed by atoms with Gasteiger partial charge in [0.2, 0.25) is 0 Å². The van der Waals surface area contributed by atoms with Gasteiger partial charge < -0.3 is 14.3 Å². The van der Waals surface area contributed by atoms with Gasteiger partial charge >= 0.3 is 12.0 Å². The van der Waals surface area contributed by atoms with E-state index in [2.05, 4.69) is 0 Å². The Balaban J connectivity index is 1.71. The topological polar surface area (TPSA) is 117 Å². The highest BCUT2D eigenvalue weighted by molar-refractivity contribution is 6.39. The maximum atomic E-state index is 13.2. The molecule has 2 heterocycles. The number of carbonyl (C=O) groups is 4. The minimum Gasteiger partial charge on any atom is -0.478 e. The predicted octanol–water partition coefficient (Wildman–Crippen LogP) is 4.32. The molecule has 0 spiro atoms. The van der Waals surface area contributed by atoms with Crippen molar-refractivity contribution in [1.82, 2.24) is 4.90 Å². The largest absolute Gasteiger partial charge is 0.478 e. The Morgan fingerprint density at radius 3 is 2.46 bits per heavy atom. The van der Waals surface area contributed by atoms with E-state index in [0.29, 0.717) is 17.0 Å². The van der Waals surface area contributed by atoms with Gasteiger partial charge in [0.1, 0.15) is 17.1 Å². The number of para-hydroxylation sites is 1. The molecule has 178 valence electrons. The van der Waals surface area contributed by atoms with E-state index >= 15 is 0 Å². The number of halogens is 1. The van der Waals surface area contributed by atoms with E-state index < -0.39 is 23.8 Å². The molecule has 35 heavy (non-hydrogen) atoms. The first kappa shape index (κ1) is 23.9. The smallest absolute Gasteiger partial charge is 0.338 e. The number of imide groups is 2. The molecule has 0 unspecified atom stereocenters. The van der Waals surface area contributed by atoms with Crippen LogP contribution in [0, 0.1) is 0 Å². The highest BCUT2D eigenvalue weighted by atomic mass is 35.5. The van der Waals surface area contributed by atoms with Crippen LogP contribution in [0.4, 0.5) is 10.5 Å². The zero-order valence-corrected chi connectivity index (χ0v) is 19.2. The SMILES string of the molecule is COCCN1C(=O)/C(=C/c2ccc(-c3ccc(C(=O)O)c(Cl)c3)o2)C(=O)N(c2ccccc2)C1=O. The summed E-state index contributed by atoms with van der Waals surface area (Å²) < 4.78 is 10.8. The van der Waals surface area contributed by atoms with Crippen molar-refractivity contribution in [1.29, 1.82) is 0 Å². The molecule has 1 N–H and O–H groups in total. The molecule has 1 aliphatic rings. The summed E-state index contributed by atoms with van der Waals surface area (Å²) in [5.41, 5.74) is 0.514. The standard InChI is InChI=1S/C25H19ClN2O7/c1-34-12-11-27-22(29)19(23(30)28(25(27)33)16-5-3-2-4-6-16)14-17-8-10-21(35-17)15-7-9-18(24(31)32)20(26)13-15/h2-10,13-14H,11-12H2,1H3,(H,31,32)/b19-14-. The third-order valence-electron chi connectivity index (χ3n) is 5.26. The van der Waals surface area contributed by atoms with Gasteiger partial charge in [0.25, 0.3) is 11.8 Å². The summed E-state index contributed by atoms with van der Waals surface area (Å²) in [6.07, 6.45) is 1.27. The number of hydrogen-bond donors (Lipinski definition) is 1. The highest BCUT2D eigenvalue weighted by Gasteiger charge is 2.42. The Kier molecular flexibility index (Phi) is 6.81. The first-order valence-corrected chi connectivity index (χ1v) is 10.8. The lowest BCUT2D eigenvalue weighted by Crippen LogP contribution is -2.57. The number of methoxy groups -OCH3 is 1. The molecule has 10 heteroatoms. The Morgan fingerprint density at radius 1 is 1.06 bits per heavy atom. The van der Waals surface area contributed by atoms with Gasteiger partial charge in [-0.2, -0.15) is 0 Å². The lowest BCUT2D eigenvalue weighted by Gasteiger charge is -2.33. The van der Waals surface area contributed by atoms with Crippen LogP contribution in [0.3, 0.4) is 0 Å². The van der Waals surface area contributed by atoms with Gasteiger partial charge in [-0.1, -0.05) is 35.9 Å². The van der Waals surface area contributed by atoms with E-state index in [0.717, 1.165) is 9.80 Å². The second-order valence-electron chi connectivity index (χ2n) is 7.47. The maximum absolute atomic E-state index is 13.2. The molecule has 0 atom stereocenters. The van der Waals surface area contributed by atoms with Crippen LogP contribution in [-0.2, 0) is 14.3 Å². The molecule has 0 radical (unpaired) electrons. The minimum atomic E-state index is -1.16. The predicted molar refractivity (Wildman–Crippen MR) is 127 cm³/mol. The number of rotatable bonds is 7. The molecular formula is C25H19ClN2O7. The van der Waals surface area contributed by atoms with E-state index in [4.69, 9.17) is 25.9 Å². The molecule has 1 aliphatic heterocycles. The Labute approximate surface area is 204 Å². The number of amides is 4. The second kappa shape index (κ2) is 9.96. The molecule has 1 aromatic heterocycles. The average molecular weight is 495 g/mol. The van der Waals surface area contributed by atoms with Crippen molar-refractivity contribution in [2.75, 3.05) is 25.2 Å². The van der Waals surface area contributed by atoms with Gasteiger partial charge in [-0.25, -0.2) is 14.5 Å². The number of benzene rings is 2. The van der Waals surface area contributed by atoms with Gasteiger partial charge in [-0.15, -0.1) is 0 Å². The fraction of sp³-hybridized carbons (Fsp3) is 0.120. The lowest BCUT2D eigenvalue weighted by atomic mass is 10.1. The lowest BCUT2D eigenvalue weighted by molar-refractivity contribution is -0.129. The highest BCUT2D eigenvalue weighted by Crippen LogP contribution is 2.30. The number of carboxylic acids is 1. The number of furan rings is 1. The van der Waals surface area contributed by atoms with Gasteiger partial charge in [0.15, 0.2) is 0 Å². The number of hydrogen-bond acceptors (Lipinski definition) is 6. The number of barbiturate groups is 1. The van der Waals surface area contributed by atoms with Gasteiger partial charge in [-0.3, -0.25) is 14.5 Å². The van der Waals surface area contributed by atoms with Crippen LogP contribution in [0.2, 0.25) is 5.02 Å². The van der Waals surface area contributed by atoms with Crippen LogP contribution < -0.4 is 4.90 Å². The quantitative estimate of drug-likeness (QED) is 0.384. The molecule has 3 aromatic rings. The normalized spacial score (nSPS) is 15.3. The van der Waals surface area contributed by atoms with Crippen molar-refractivity contribution >= 4 is 47.2 Å². The zero-order chi connectivity index (χ0) is 25.1. The summed E-state index contributed by atoms with van der Waals surface area (Å²) in [5.74, 6) is -2.18. The van der Waals surface area contributed by atoms with Crippen molar-refractivity contribution in [2.24, 2.45) is 0 Å². The van der Waals surface area contributed by atoms with Crippen molar-refractivity contribution < 1.29 is 33.4 Å². The van der Waals surface area contributed by atoms with E-state index in [-0.39, 0.29) is 35.1 Å². The second-order valence-corrected chi connectivity index (χ2v) is 7.88. The first-order valence-electron chi connectivity index (χ1n) is 10.4. The van der Waals surface area contributed by atoms with Gasteiger partial charge in [0, 0.05) is 12.7 Å². The molecule has 0 aliphatic carbocycles. The molecule has 0 bridgehead atoms. The van der Waals surface area contributed by atoms with Crippen LogP contribution >= 0.6 is 11.6 Å². The number of carbonyl (C=O) groups excluding carboxylic acids is 3. The summed E-state index contributed by atoms with van der Waals surface area (Å²) in [6, 6.07) is 15.0. The maximum Gasteiger partial charge on any atom is 0.338 e. The van der Waals surface area contributed by atoms with Crippen LogP contribution in [0.1, 0.15) is 16.1 Å². The number of ether oxygens (including phenoxy) is 1. The number of urea groups is 1. The minimum absolute atomic E-state index is 0.0368. The van der Waals surface area contributed by atoms with Crippen molar-refractivity contribution in [3.05, 3.63) is 82.6 Å². The molecule has 1 fully saturated rings. The Morgan fingerprint density at radius 2 is 1.80 bits per heavy atom. The van der Waals surface area contributed by atoms with Crippen molar-refractivity contribution in [3.63, 3.8) is 0 Å². The fourth-order valence-electron chi connectivity index (χ4n) is 3.53. The number of nitrogens with zero attached hydrogens (tertiary/aromatic N) is 2. The number of anilines is 1. The molecular weight excluding hydrogens is 476 g/mol. The molecule has 9 nitrogen and oxygen atoms in total. The van der Waals surface area contributed by atoms with Gasteiger partial charge in [-0.05, 0) is 42.5 Å². The molecule has 2 aromatic carbocycles. The van der Waals surface area contributed by atoms with Crippen molar-refractivity contribution in [3.8, 4) is 11.3 Å². The number of aromatic carboxylic acids is 1. The van der Waals surface area contributed by atoms with E-state index in [1.165, 1.54) is 31.4 Å². The Bertz CT molecular complexity index is 1350. The molecule has 4 rings (SSSR count). The summed E-state index contributed by atoms with van der Waals surface area (Å²) in [5, 5.41) is 9.18. The summed E-state index contributed by atoms with van der Waals surface area (Å²) in [6.45, 7) is 0.0551. The summed E-state index contributed by atoms with van der Waals surface area (Å²) in [4.78, 5) is 52.4. The summed E-state index contributed by atoms with van der Waals surface area (Å²) in [7, 11) is 1.44. The monoisotopic (exact) mass is 494 g/mol. The fourth-order valence-corrected chi connectivity index (χ4v) is 3.79. The van der Waals surface area contributed by atoms with Crippen LogP contribution in [0.5, 0.6) is 0 Å². The van der Waals surface area contributed by atoms with E-state index in [1.54, 1.807) is 42.5 Å². The molecule has 0 saturated carbocycles. The van der Waals surface area contributed by atoms with Crippen LogP contribution in [0.25, 0.3) is 17.4 Å². The third-order valence-corrected chi connectivity index (χ3v) is 5.57. The van der Waals surface area contributed by atoms with Crippen LogP contribution in [-0.4, -0.2) is 54.1 Å². The third kappa shape index (κ3) is 4.72. The number of carboxylic acid groups (broad SMARTS) is 1. The Hall–Kier alpha value is -4.21. The zero-order valence-electron chi connectivity index (χ0n) is 18.4. The van der Waals surface area contributed by atoms with Crippen LogP contribution in [0.15, 0.2) is 70.7 Å². The van der Waals surface area contributed by atoms with Crippen molar-refractivity contribution in [2.45, 2.75) is 0 Å². The average Bonchev–Trinajstić information content (AvgIpc) is 3.31. The first-order chi connectivity index (χ1) is 16.8. The molecule has 1 saturated heterocycles. The van der Waals surface area contributed by atoms with E-state index in [1.807, 2.05) is 0 Å². The van der Waals surface area contributed by atoms with Gasteiger partial charge in [0.05, 0.1) is 29.4 Å². The summed E-state index contributed by atoms with van der Waals surface area (Å²) >= 11 is 6.04.